The SMILES string of the molecule is O=C(CCC(=O)NNC(=O)Cn1ccc2ccccc21)NCc1ccco1. The Morgan fingerprint density at radius 2 is 1.67 bits per heavy atom. The Hall–Kier alpha value is -3.55. The van der Waals surface area contributed by atoms with Gasteiger partial charge in [0.1, 0.15) is 12.3 Å². The molecule has 0 saturated heterocycles. The van der Waals surface area contributed by atoms with Crippen molar-refractivity contribution in [2.45, 2.75) is 25.9 Å². The number of hydrazine groups is 1. The van der Waals surface area contributed by atoms with Gasteiger partial charge in [0, 0.05) is 24.6 Å². The third-order valence-electron chi connectivity index (χ3n) is 3.95. The molecule has 0 atom stereocenters. The number of benzene rings is 1. The van der Waals surface area contributed by atoms with Gasteiger partial charge in [0.25, 0.3) is 5.91 Å². The Labute approximate surface area is 155 Å². The van der Waals surface area contributed by atoms with E-state index >= 15 is 0 Å². The monoisotopic (exact) mass is 368 g/mol. The summed E-state index contributed by atoms with van der Waals surface area (Å²) in [5.74, 6) is -0.426. The zero-order valence-electron chi connectivity index (χ0n) is 14.6. The molecule has 3 amide bonds. The molecule has 0 aliphatic carbocycles. The average molecular weight is 368 g/mol. The number of nitrogens with one attached hydrogen (secondary N) is 3. The van der Waals surface area contributed by atoms with Crippen molar-refractivity contribution in [3.63, 3.8) is 0 Å². The fourth-order valence-corrected chi connectivity index (χ4v) is 2.59. The van der Waals surface area contributed by atoms with Gasteiger partial charge in [0.2, 0.25) is 11.8 Å². The minimum absolute atomic E-state index is 0.0185. The Morgan fingerprint density at radius 1 is 0.889 bits per heavy atom. The molecule has 140 valence electrons. The molecule has 3 N–H and O–H groups in total. The standard InChI is InChI=1S/C19H20N4O4/c24-17(20-12-15-5-3-11-27-15)7-8-18(25)21-22-19(26)13-23-10-9-14-4-1-2-6-16(14)23/h1-6,9-11H,7-8,12-13H2,(H,20,24)(H,21,25)(H,22,26). The van der Waals surface area contributed by atoms with Crippen molar-refractivity contribution in [1.29, 1.82) is 0 Å². The first-order valence-corrected chi connectivity index (χ1v) is 8.52. The second-order valence-corrected chi connectivity index (χ2v) is 5.95. The van der Waals surface area contributed by atoms with Crippen LogP contribution in [0.5, 0.6) is 0 Å². The number of nitrogens with zero attached hydrogens (tertiary/aromatic N) is 1. The van der Waals surface area contributed by atoms with Gasteiger partial charge in [0.05, 0.1) is 12.8 Å². The summed E-state index contributed by atoms with van der Waals surface area (Å²) in [6.45, 7) is 0.354. The van der Waals surface area contributed by atoms with E-state index in [1.165, 1.54) is 6.26 Å². The summed E-state index contributed by atoms with van der Waals surface area (Å²) in [6, 6.07) is 13.1. The van der Waals surface area contributed by atoms with Crippen LogP contribution in [0, 0.1) is 0 Å². The van der Waals surface area contributed by atoms with E-state index < -0.39 is 5.91 Å². The van der Waals surface area contributed by atoms with E-state index in [1.54, 1.807) is 16.7 Å². The first-order valence-electron chi connectivity index (χ1n) is 8.52. The van der Waals surface area contributed by atoms with Crippen LogP contribution in [0.15, 0.2) is 59.3 Å². The fourth-order valence-electron chi connectivity index (χ4n) is 2.59. The highest BCUT2D eigenvalue weighted by Crippen LogP contribution is 2.14. The summed E-state index contributed by atoms with van der Waals surface area (Å²) in [4.78, 5) is 35.5. The molecule has 8 nitrogen and oxygen atoms in total. The maximum Gasteiger partial charge on any atom is 0.258 e. The van der Waals surface area contributed by atoms with Crippen molar-refractivity contribution in [2.75, 3.05) is 0 Å². The van der Waals surface area contributed by atoms with Gasteiger partial charge in [0.15, 0.2) is 0 Å². The number of furan rings is 1. The molecule has 0 aliphatic heterocycles. The Morgan fingerprint density at radius 3 is 2.48 bits per heavy atom. The van der Waals surface area contributed by atoms with E-state index in [9.17, 15) is 14.4 Å². The zero-order chi connectivity index (χ0) is 19.1. The molecule has 0 aliphatic rings. The lowest BCUT2D eigenvalue weighted by atomic mass is 10.2. The van der Waals surface area contributed by atoms with Crippen LogP contribution in [-0.2, 0) is 27.5 Å². The normalized spacial score (nSPS) is 10.5. The van der Waals surface area contributed by atoms with Crippen molar-refractivity contribution in [1.82, 2.24) is 20.7 Å². The van der Waals surface area contributed by atoms with Gasteiger partial charge in [-0.25, -0.2) is 0 Å². The third-order valence-corrected chi connectivity index (χ3v) is 3.95. The highest BCUT2D eigenvalue weighted by molar-refractivity contribution is 5.86. The van der Waals surface area contributed by atoms with E-state index in [0.717, 1.165) is 10.9 Å². The summed E-state index contributed by atoms with van der Waals surface area (Å²) in [5.41, 5.74) is 5.61. The molecule has 3 aromatic rings. The highest BCUT2D eigenvalue weighted by atomic mass is 16.3. The average Bonchev–Trinajstić information content (AvgIpc) is 3.33. The summed E-state index contributed by atoms with van der Waals surface area (Å²) in [5, 5.41) is 3.69. The van der Waals surface area contributed by atoms with Crippen molar-refractivity contribution >= 4 is 28.6 Å². The molecule has 2 aromatic heterocycles. The van der Waals surface area contributed by atoms with Crippen LogP contribution in [0.2, 0.25) is 0 Å². The Bertz CT molecular complexity index is 930. The van der Waals surface area contributed by atoms with Gasteiger partial charge in [-0.2, -0.15) is 0 Å². The summed E-state index contributed by atoms with van der Waals surface area (Å²) < 4.78 is 6.89. The van der Waals surface area contributed by atoms with E-state index in [0.29, 0.717) is 5.76 Å². The smallest absolute Gasteiger partial charge is 0.258 e. The van der Waals surface area contributed by atoms with Gasteiger partial charge >= 0.3 is 0 Å². The number of fused-ring (bicyclic) bond motifs is 1. The lowest BCUT2D eigenvalue weighted by Gasteiger charge is -2.09. The maximum absolute atomic E-state index is 12.0. The minimum atomic E-state index is -0.436. The van der Waals surface area contributed by atoms with Crippen molar-refractivity contribution in [3.8, 4) is 0 Å². The quantitative estimate of drug-likeness (QED) is 0.549. The molecule has 0 fully saturated rings. The van der Waals surface area contributed by atoms with E-state index in [-0.39, 0.29) is 37.7 Å². The lowest BCUT2D eigenvalue weighted by Crippen LogP contribution is -2.43. The molecule has 0 unspecified atom stereocenters. The van der Waals surface area contributed by atoms with E-state index in [1.807, 2.05) is 36.5 Å². The van der Waals surface area contributed by atoms with Crippen LogP contribution in [0.1, 0.15) is 18.6 Å². The van der Waals surface area contributed by atoms with Crippen LogP contribution in [0.3, 0.4) is 0 Å². The molecule has 27 heavy (non-hydrogen) atoms. The highest BCUT2D eigenvalue weighted by Gasteiger charge is 2.10. The third kappa shape index (κ3) is 5.21. The molecular weight excluding hydrogens is 348 g/mol. The molecular formula is C19H20N4O4. The first kappa shape index (κ1) is 18.2. The Kier molecular flexibility index (Phi) is 5.88. The maximum atomic E-state index is 12.0. The number of para-hydroxylation sites is 1. The minimum Gasteiger partial charge on any atom is -0.467 e. The predicted molar refractivity (Wildman–Crippen MR) is 98.0 cm³/mol. The number of rotatable bonds is 7. The van der Waals surface area contributed by atoms with Crippen LogP contribution in [0.4, 0.5) is 0 Å². The van der Waals surface area contributed by atoms with E-state index in [2.05, 4.69) is 16.2 Å². The van der Waals surface area contributed by atoms with Crippen LogP contribution in [-0.4, -0.2) is 22.3 Å². The molecule has 2 heterocycles. The van der Waals surface area contributed by atoms with Crippen LogP contribution < -0.4 is 16.2 Å². The first-order chi connectivity index (χ1) is 13.1. The number of amides is 3. The van der Waals surface area contributed by atoms with Crippen molar-refractivity contribution in [2.24, 2.45) is 0 Å². The summed E-state index contributed by atoms with van der Waals surface area (Å²) in [7, 11) is 0. The van der Waals surface area contributed by atoms with Gasteiger partial charge in [-0.15, -0.1) is 0 Å². The van der Waals surface area contributed by atoms with Gasteiger partial charge < -0.3 is 14.3 Å². The largest absolute Gasteiger partial charge is 0.467 e. The van der Waals surface area contributed by atoms with Crippen molar-refractivity contribution < 1.29 is 18.8 Å². The predicted octanol–water partition coefficient (Wildman–Crippen LogP) is 1.48. The molecule has 0 bridgehead atoms. The second kappa shape index (κ2) is 8.70. The number of aromatic nitrogens is 1. The molecule has 0 saturated carbocycles. The fraction of sp³-hybridized carbons (Fsp3) is 0.211. The summed E-state index contributed by atoms with van der Waals surface area (Å²) >= 11 is 0. The van der Waals surface area contributed by atoms with Gasteiger partial charge in [-0.1, -0.05) is 18.2 Å². The number of hydrogen-bond acceptors (Lipinski definition) is 4. The summed E-state index contributed by atoms with van der Waals surface area (Å²) in [6.07, 6.45) is 3.32. The van der Waals surface area contributed by atoms with Crippen LogP contribution in [0.25, 0.3) is 10.9 Å². The molecule has 1 aromatic carbocycles. The second-order valence-electron chi connectivity index (χ2n) is 5.95. The molecule has 3 rings (SSSR count). The van der Waals surface area contributed by atoms with Crippen molar-refractivity contribution in [3.05, 3.63) is 60.7 Å². The lowest BCUT2D eigenvalue weighted by molar-refractivity contribution is -0.130. The zero-order valence-corrected chi connectivity index (χ0v) is 14.6. The molecule has 0 radical (unpaired) electrons. The van der Waals surface area contributed by atoms with Gasteiger partial charge in [-0.3, -0.25) is 25.2 Å². The topological polar surface area (TPSA) is 105 Å². The molecule has 8 heteroatoms. The Balaban J connectivity index is 1.36. The number of carbonyl (C=O) groups excluding carboxylic acids is 3. The number of carbonyl (C=O) groups is 3. The number of hydrogen-bond donors (Lipinski definition) is 3. The van der Waals surface area contributed by atoms with Gasteiger partial charge in [-0.05, 0) is 29.7 Å². The molecule has 0 spiro atoms. The van der Waals surface area contributed by atoms with Crippen LogP contribution >= 0.6 is 0 Å². The van der Waals surface area contributed by atoms with E-state index in [4.69, 9.17) is 4.42 Å².